The number of benzene rings is 2. The van der Waals surface area contributed by atoms with Crippen molar-refractivity contribution in [3.8, 4) is 11.5 Å². The minimum Gasteiger partial charge on any atom is -0.465 e. The van der Waals surface area contributed by atoms with Gasteiger partial charge in [-0.15, -0.1) is 0 Å². The van der Waals surface area contributed by atoms with Gasteiger partial charge in [0.15, 0.2) is 16.3 Å². The molecule has 4 rings (SSSR count). The lowest BCUT2D eigenvalue weighted by Crippen LogP contribution is -2.23. The lowest BCUT2D eigenvalue weighted by Gasteiger charge is -2.06. The summed E-state index contributed by atoms with van der Waals surface area (Å²) in [5.74, 6) is 0.641. The van der Waals surface area contributed by atoms with Crippen LogP contribution in [0.5, 0.6) is 11.5 Å². The third kappa shape index (κ3) is 4.09. The lowest BCUT2D eigenvalue weighted by molar-refractivity contribution is -0.143. The smallest absolute Gasteiger partial charge is 0.326 e. The summed E-state index contributed by atoms with van der Waals surface area (Å²) in [4.78, 5) is 29.6. The zero-order chi connectivity index (χ0) is 21.3. The van der Waals surface area contributed by atoms with Gasteiger partial charge in [0.25, 0.3) is 5.91 Å². The van der Waals surface area contributed by atoms with Gasteiger partial charge in [-0.05, 0) is 61.7 Å². The molecule has 30 heavy (non-hydrogen) atoms. The lowest BCUT2D eigenvalue weighted by atomic mass is 10.1. The number of ether oxygens (including phenoxy) is 3. The van der Waals surface area contributed by atoms with Gasteiger partial charge in [-0.1, -0.05) is 17.4 Å². The Hall–Kier alpha value is -3.13. The fraction of sp³-hybridized carbons (Fsp3) is 0.318. The summed E-state index contributed by atoms with van der Waals surface area (Å²) >= 11 is 1.39. The van der Waals surface area contributed by atoms with E-state index < -0.39 is 0 Å². The molecule has 7 nitrogen and oxygen atoms in total. The van der Waals surface area contributed by atoms with E-state index in [0.717, 1.165) is 26.9 Å². The molecule has 1 amide bonds. The maximum absolute atomic E-state index is 12.7. The van der Waals surface area contributed by atoms with Gasteiger partial charge < -0.3 is 18.8 Å². The van der Waals surface area contributed by atoms with Crippen molar-refractivity contribution in [2.24, 2.45) is 4.99 Å². The molecule has 2 heterocycles. The van der Waals surface area contributed by atoms with E-state index in [1.54, 1.807) is 23.6 Å². The Morgan fingerprint density at radius 2 is 1.90 bits per heavy atom. The van der Waals surface area contributed by atoms with Gasteiger partial charge in [-0.3, -0.25) is 9.59 Å². The molecule has 8 heteroatoms. The standard InChI is InChI=1S/C22H22N2O5S/c1-4-27-21(26)11-24-16-7-13(2)14(3)8-19(16)30-22(24)23-20(25)10-15-5-6-17-18(9-15)29-12-28-17/h5-9H,4,10-12H2,1-3H3. The fourth-order valence-corrected chi connectivity index (χ4v) is 4.39. The molecule has 1 aliphatic rings. The van der Waals surface area contributed by atoms with Crippen molar-refractivity contribution in [3.05, 3.63) is 51.8 Å². The van der Waals surface area contributed by atoms with Crippen molar-refractivity contribution in [2.75, 3.05) is 13.4 Å². The predicted octanol–water partition coefficient (Wildman–Crippen LogP) is 3.28. The Labute approximate surface area is 177 Å². The summed E-state index contributed by atoms with van der Waals surface area (Å²) in [5, 5.41) is 0. The van der Waals surface area contributed by atoms with E-state index in [1.807, 2.05) is 26.0 Å². The highest BCUT2D eigenvalue weighted by molar-refractivity contribution is 7.16. The third-order valence-electron chi connectivity index (χ3n) is 4.90. The number of esters is 1. The molecule has 0 aliphatic carbocycles. The minimum absolute atomic E-state index is 0.00643. The number of aromatic nitrogens is 1. The maximum atomic E-state index is 12.7. The number of hydrogen-bond acceptors (Lipinski definition) is 6. The first kappa shape index (κ1) is 20.2. The van der Waals surface area contributed by atoms with Gasteiger partial charge in [0, 0.05) is 0 Å². The topological polar surface area (TPSA) is 79.1 Å². The molecule has 3 aromatic rings. The molecule has 1 aromatic heterocycles. The molecule has 2 aromatic carbocycles. The van der Waals surface area contributed by atoms with E-state index in [0.29, 0.717) is 22.9 Å². The van der Waals surface area contributed by atoms with Crippen LogP contribution in [0.1, 0.15) is 23.6 Å². The van der Waals surface area contributed by atoms with E-state index in [2.05, 4.69) is 11.1 Å². The third-order valence-corrected chi connectivity index (χ3v) is 5.94. The molecule has 0 saturated heterocycles. The summed E-state index contributed by atoms with van der Waals surface area (Å²) in [6.45, 7) is 6.31. The van der Waals surface area contributed by atoms with E-state index in [-0.39, 0.29) is 31.6 Å². The molecule has 0 atom stereocenters. The molecular formula is C22H22N2O5S. The van der Waals surface area contributed by atoms with E-state index in [9.17, 15) is 9.59 Å². The molecule has 0 unspecified atom stereocenters. The van der Waals surface area contributed by atoms with Crippen molar-refractivity contribution in [1.29, 1.82) is 0 Å². The maximum Gasteiger partial charge on any atom is 0.326 e. The van der Waals surface area contributed by atoms with Crippen LogP contribution < -0.4 is 14.3 Å². The van der Waals surface area contributed by atoms with Crippen LogP contribution >= 0.6 is 11.3 Å². The summed E-state index contributed by atoms with van der Waals surface area (Å²) in [7, 11) is 0. The van der Waals surface area contributed by atoms with Crippen LogP contribution in [0.15, 0.2) is 35.3 Å². The molecular weight excluding hydrogens is 404 g/mol. The van der Waals surface area contributed by atoms with Crippen LogP contribution in [0.2, 0.25) is 0 Å². The van der Waals surface area contributed by atoms with Gasteiger partial charge in [0.05, 0.1) is 23.2 Å². The number of amides is 1. The minimum atomic E-state index is -0.361. The average molecular weight is 426 g/mol. The SMILES string of the molecule is CCOC(=O)Cn1c(=NC(=O)Cc2ccc3c(c2)OCO3)sc2cc(C)c(C)cc21. The van der Waals surface area contributed by atoms with Crippen molar-refractivity contribution in [1.82, 2.24) is 4.57 Å². The number of rotatable bonds is 5. The first-order valence-electron chi connectivity index (χ1n) is 9.67. The number of carbonyl (C=O) groups excluding carboxylic acids is 2. The van der Waals surface area contributed by atoms with Gasteiger partial charge in [-0.2, -0.15) is 4.99 Å². The van der Waals surface area contributed by atoms with Gasteiger partial charge in [-0.25, -0.2) is 0 Å². The van der Waals surface area contributed by atoms with Crippen LogP contribution in [0, 0.1) is 13.8 Å². The second-order valence-electron chi connectivity index (χ2n) is 7.05. The quantitative estimate of drug-likeness (QED) is 0.585. The normalized spacial score (nSPS) is 13.1. The zero-order valence-corrected chi connectivity index (χ0v) is 17.9. The molecule has 156 valence electrons. The Kier molecular flexibility index (Phi) is 5.59. The van der Waals surface area contributed by atoms with E-state index in [4.69, 9.17) is 14.2 Å². The van der Waals surface area contributed by atoms with Crippen LogP contribution in [0.3, 0.4) is 0 Å². The summed E-state index contributed by atoms with van der Waals surface area (Å²) < 4.78 is 18.5. The molecule has 0 radical (unpaired) electrons. The summed E-state index contributed by atoms with van der Waals surface area (Å²) in [6, 6.07) is 9.47. The Morgan fingerprint density at radius 3 is 2.70 bits per heavy atom. The Morgan fingerprint density at radius 1 is 1.13 bits per heavy atom. The highest BCUT2D eigenvalue weighted by Crippen LogP contribution is 2.32. The fourth-order valence-electron chi connectivity index (χ4n) is 3.27. The molecule has 0 N–H and O–H groups in total. The molecule has 0 fully saturated rings. The van der Waals surface area contributed by atoms with Gasteiger partial charge >= 0.3 is 5.97 Å². The predicted molar refractivity (Wildman–Crippen MR) is 113 cm³/mol. The van der Waals surface area contributed by atoms with Crippen LogP contribution in [0.4, 0.5) is 0 Å². The van der Waals surface area contributed by atoms with Crippen molar-refractivity contribution >= 4 is 33.4 Å². The second kappa shape index (κ2) is 8.31. The van der Waals surface area contributed by atoms with Crippen LogP contribution in [0.25, 0.3) is 10.2 Å². The first-order valence-corrected chi connectivity index (χ1v) is 10.5. The molecule has 0 saturated carbocycles. The number of nitrogens with zero attached hydrogens (tertiary/aromatic N) is 2. The molecule has 1 aliphatic heterocycles. The van der Waals surface area contributed by atoms with Gasteiger partial charge in [0.2, 0.25) is 6.79 Å². The Bertz CT molecular complexity index is 1210. The number of carbonyl (C=O) groups is 2. The van der Waals surface area contributed by atoms with E-state index in [1.165, 1.54) is 11.3 Å². The van der Waals surface area contributed by atoms with Gasteiger partial charge in [0.1, 0.15) is 6.54 Å². The number of aryl methyl sites for hydroxylation is 2. The number of hydrogen-bond donors (Lipinski definition) is 0. The molecule has 0 spiro atoms. The van der Waals surface area contributed by atoms with Crippen LogP contribution in [-0.2, 0) is 27.3 Å². The first-order chi connectivity index (χ1) is 14.4. The highest BCUT2D eigenvalue weighted by Gasteiger charge is 2.16. The number of fused-ring (bicyclic) bond motifs is 2. The van der Waals surface area contributed by atoms with Crippen LogP contribution in [-0.4, -0.2) is 29.8 Å². The summed E-state index contributed by atoms with van der Waals surface area (Å²) in [6.07, 6.45) is 0.127. The zero-order valence-electron chi connectivity index (χ0n) is 17.1. The van der Waals surface area contributed by atoms with Crippen molar-refractivity contribution in [3.63, 3.8) is 0 Å². The molecule has 0 bridgehead atoms. The van der Waals surface area contributed by atoms with Crippen molar-refractivity contribution in [2.45, 2.75) is 33.7 Å². The average Bonchev–Trinajstić information content (AvgIpc) is 3.27. The largest absolute Gasteiger partial charge is 0.465 e. The highest BCUT2D eigenvalue weighted by atomic mass is 32.1. The second-order valence-corrected chi connectivity index (χ2v) is 8.06. The van der Waals surface area contributed by atoms with Crippen molar-refractivity contribution < 1.29 is 23.8 Å². The Balaban J connectivity index is 1.69. The summed E-state index contributed by atoms with van der Waals surface area (Å²) in [5.41, 5.74) is 3.91. The monoisotopic (exact) mass is 426 g/mol. The number of thiazole rings is 1. The van der Waals surface area contributed by atoms with E-state index >= 15 is 0 Å².